The molecule has 0 aliphatic carbocycles. The zero-order valence-corrected chi connectivity index (χ0v) is 13.9. The SMILES string of the molecule is O=C(CN1CCC[C@@H]1C(=O)N1CCSCC1)Nc1nncs1. The smallest absolute Gasteiger partial charge is 0.240 e. The molecule has 1 aromatic rings. The van der Waals surface area contributed by atoms with Crippen molar-refractivity contribution in [1.82, 2.24) is 20.0 Å². The van der Waals surface area contributed by atoms with E-state index in [0.29, 0.717) is 5.13 Å². The molecule has 0 bridgehead atoms. The number of hydrogen-bond donors (Lipinski definition) is 1. The van der Waals surface area contributed by atoms with E-state index in [1.165, 1.54) is 11.3 Å². The van der Waals surface area contributed by atoms with E-state index in [-0.39, 0.29) is 24.4 Å². The number of aromatic nitrogens is 2. The lowest BCUT2D eigenvalue weighted by molar-refractivity contribution is -0.136. The minimum Gasteiger partial charge on any atom is -0.340 e. The molecule has 1 N–H and O–H groups in total. The quantitative estimate of drug-likeness (QED) is 0.860. The molecule has 0 spiro atoms. The predicted molar refractivity (Wildman–Crippen MR) is 87.0 cm³/mol. The van der Waals surface area contributed by atoms with Crippen LogP contribution in [0.4, 0.5) is 5.13 Å². The minimum atomic E-state index is -0.150. The van der Waals surface area contributed by atoms with Crippen LogP contribution in [0.2, 0.25) is 0 Å². The Morgan fingerprint density at radius 2 is 2.14 bits per heavy atom. The fourth-order valence-electron chi connectivity index (χ4n) is 2.86. The van der Waals surface area contributed by atoms with Gasteiger partial charge in [-0.25, -0.2) is 0 Å². The van der Waals surface area contributed by atoms with Gasteiger partial charge in [0.2, 0.25) is 16.9 Å². The van der Waals surface area contributed by atoms with E-state index < -0.39 is 0 Å². The zero-order valence-electron chi connectivity index (χ0n) is 12.2. The molecule has 9 heteroatoms. The van der Waals surface area contributed by atoms with Crippen LogP contribution in [0.25, 0.3) is 0 Å². The monoisotopic (exact) mass is 341 g/mol. The molecule has 2 saturated heterocycles. The summed E-state index contributed by atoms with van der Waals surface area (Å²) in [4.78, 5) is 28.6. The van der Waals surface area contributed by atoms with Crippen LogP contribution in [0.5, 0.6) is 0 Å². The molecule has 2 aliphatic heterocycles. The first-order valence-corrected chi connectivity index (χ1v) is 9.44. The Balaban J connectivity index is 1.55. The molecule has 0 aromatic carbocycles. The Kier molecular flexibility index (Phi) is 5.27. The van der Waals surface area contributed by atoms with E-state index in [2.05, 4.69) is 15.5 Å². The molecule has 2 amide bonds. The number of hydrogen-bond acceptors (Lipinski definition) is 7. The normalized spacial score (nSPS) is 22.7. The summed E-state index contributed by atoms with van der Waals surface area (Å²) in [5.74, 6) is 2.07. The Morgan fingerprint density at radius 3 is 2.86 bits per heavy atom. The average Bonchev–Trinajstić information content (AvgIpc) is 3.19. The van der Waals surface area contributed by atoms with Crippen molar-refractivity contribution >= 4 is 40.0 Å². The van der Waals surface area contributed by atoms with Crippen LogP contribution in [0.3, 0.4) is 0 Å². The molecule has 0 saturated carbocycles. The summed E-state index contributed by atoms with van der Waals surface area (Å²) in [5, 5.41) is 10.7. The van der Waals surface area contributed by atoms with Crippen LogP contribution in [0.1, 0.15) is 12.8 Å². The summed E-state index contributed by atoms with van der Waals surface area (Å²) >= 11 is 3.18. The Labute approximate surface area is 137 Å². The van der Waals surface area contributed by atoms with Crippen LogP contribution in [0.15, 0.2) is 5.51 Å². The molecule has 3 heterocycles. The van der Waals surface area contributed by atoms with Crippen LogP contribution < -0.4 is 5.32 Å². The first kappa shape index (κ1) is 15.7. The summed E-state index contributed by atoms with van der Waals surface area (Å²) in [6.45, 7) is 2.68. The number of rotatable bonds is 4. The maximum absolute atomic E-state index is 12.6. The second-order valence-corrected chi connectivity index (χ2v) is 7.42. The van der Waals surface area contributed by atoms with Crippen LogP contribution in [-0.4, -0.2) is 75.5 Å². The third-order valence-corrected chi connectivity index (χ3v) is 5.47. The van der Waals surface area contributed by atoms with E-state index in [1.54, 1.807) is 5.51 Å². The highest BCUT2D eigenvalue weighted by Crippen LogP contribution is 2.21. The van der Waals surface area contributed by atoms with Gasteiger partial charge >= 0.3 is 0 Å². The topological polar surface area (TPSA) is 78.4 Å². The number of thioether (sulfide) groups is 1. The highest BCUT2D eigenvalue weighted by atomic mass is 32.2. The fourth-order valence-corrected chi connectivity index (χ4v) is 4.22. The van der Waals surface area contributed by atoms with Gasteiger partial charge in [0, 0.05) is 24.6 Å². The largest absolute Gasteiger partial charge is 0.340 e. The van der Waals surface area contributed by atoms with Crippen molar-refractivity contribution in [1.29, 1.82) is 0 Å². The second kappa shape index (κ2) is 7.38. The number of carbonyl (C=O) groups excluding carboxylic acids is 2. The molecule has 0 unspecified atom stereocenters. The summed E-state index contributed by atoms with van der Waals surface area (Å²) < 4.78 is 0. The van der Waals surface area contributed by atoms with Crippen LogP contribution >= 0.6 is 23.1 Å². The molecule has 2 aliphatic rings. The third kappa shape index (κ3) is 3.76. The van der Waals surface area contributed by atoms with Gasteiger partial charge < -0.3 is 4.90 Å². The first-order chi connectivity index (χ1) is 10.7. The summed E-state index contributed by atoms with van der Waals surface area (Å²) in [6.07, 6.45) is 1.81. The Morgan fingerprint density at radius 1 is 1.32 bits per heavy atom. The van der Waals surface area contributed by atoms with E-state index in [4.69, 9.17) is 0 Å². The van der Waals surface area contributed by atoms with E-state index >= 15 is 0 Å². The molecule has 0 radical (unpaired) electrons. The average molecular weight is 341 g/mol. The van der Waals surface area contributed by atoms with Crippen molar-refractivity contribution in [2.24, 2.45) is 0 Å². The molecule has 120 valence electrons. The number of nitrogens with one attached hydrogen (secondary N) is 1. The van der Waals surface area contributed by atoms with Crippen LogP contribution in [-0.2, 0) is 9.59 Å². The van der Waals surface area contributed by atoms with Crippen molar-refractivity contribution in [3.8, 4) is 0 Å². The van der Waals surface area contributed by atoms with Gasteiger partial charge in [0.15, 0.2) is 0 Å². The second-order valence-electron chi connectivity index (χ2n) is 5.36. The number of amides is 2. The van der Waals surface area contributed by atoms with Crippen molar-refractivity contribution in [2.45, 2.75) is 18.9 Å². The van der Waals surface area contributed by atoms with Gasteiger partial charge in [-0.2, -0.15) is 11.8 Å². The lowest BCUT2D eigenvalue weighted by Gasteiger charge is -2.32. The van der Waals surface area contributed by atoms with Crippen molar-refractivity contribution in [3.05, 3.63) is 5.51 Å². The van der Waals surface area contributed by atoms with E-state index in [1.807, 2.05) is 21.6 Å². The number of nitrogens with zero attached hydrogens (tertiary/aromatic N) is 4. The molecule has 1 atom stereocenters. The standard InChI is InChI=1S/C13H19N5O2S2/c19-11(15-13-16-14-9-22-13)8-18-3-1-2-10(18)12(20)17-4-6-21-7-5-17/h9-10H,1-8H2,(H,15,16,19)/t10-/m1/s1. The Hall–Kier alpha value is -1.19. The summed E-state index contributed by atoms with van der Waals surface area (Å²) in [6, 6.07) is -0.150. The lowest BCUT2D eigenvalue weighted by Crippen LogP contribution is -2.49. The third-order valence-electron chi connectivity index (χ3n) is 3.92. The number of likely N-dealkylation sites (tertiary alicyclic amines) is 1. The van der Waals surface area contributed by atoms with Gasteiger partial charge in [0.05, 0.1) is 12.6 Å². The maximum atomic E-state index is 12.6. The molecule has 2 fully saturated rings. The highest BCUT2D eigenvalue weighted by Gasteiger charge is 2.35. The van der Waals surface area contributed by atoms with Crippen molar-refractivity contribution < 1.29 is 9.59 Å². The minimum absolute atomic E-state index is 0.134. The van der Waals surface area contributed by atoms with Gasteiger partial charge in [0.1, 0.15) is 5.51 Å². The van der Waals surface area contributed by atoms with Gasteiger partial charge in [-0.1, -0.05) is 11.3 Å². The van der Waals surface area contributed by atoms with Gasteiger partial charge in [-0.05, 0) is 19.4 Å². The summed E-state index contributed by atoms with van der Waals surface area (Å²) in [5.41, 5.74) is 1.58. The van der Waals surface area contributed by atoms with E-state index in [9.17, 15) is 9.59 Å². The Bertz CT molecular complexity index is 519. The maximum Gasteiger partial charge on any atom is 0.240 e. The highest BCUT2D eigenvalue weighted by molar-refractivity contribution is 7.99. The van der Waals surface area contributed by atoms with Gasteiger partial charge in [0.25, 0.3) is 0 Å². The molecule has 22 heavy (non-hydrogen) atoms. The molecule has 7 nitrogen and oxygen atoms in total. The first-order valence-electron chi connectivity index (χ1n) is 7.40. The number of carbonyl (C=O) groups is 2. The summed E-state index contributed by atoms with van der Waals surface area (Å²) in [7, 11) is 0. The molecule has 1 aromatic heterocycles. The fraction of sp³-hybridized carbons (Fsp3) is 0.692. The lowest BCUT2D eigenvalue weighted by atomic mass is 10.2. The molecular formula is C13H19N5O2S2. The number of anilines is 1. The van der Waals surface area contributed by atoms with Crippen LogP contribution in [0, 0.1) is 0 Å². The molecule has 3 rings (SSSR count). The molecular weight excluding hydrogens is 322 g/mol. The van der Waals surface area contributed by atoms with E-state index in [0.717, 1.165) is 44.0 Å². The predicted octanol–water partition coefficient (Wildman–Crippen LogP) is 0.516. The van der Waals surface area contributed by atoms with Gasteiger partial charge in [-0.3, -0.25) is 19.8 Å². The van der Waals surface area contributed by atoms with Crippen molar-refractivity contribution in [2.75, 3.05) is 43.0 Å². The van der Waals surface area contributed by atoms with Gasteiger partial charge in [-0.15, -0.1) is 10.2 Å². The zero-order chi connectivity index (χ0) is 15.4. The van der Waals surface area contributed by atoms with Crippen molar-refractivity contribution in [3.63, 3.8) is 0 Å².